The SMILES string of the molecule is O=C(CNC(=O)O[C@@H](CC1CCCCC1)C(=O)N1CCOCC1)Cc1nc2ccc(F)cc2o1. The van der Waals surface area contributed by atoms with Crippen molar-refractivity contribution in [3.8, 4) is 0 Å². The predicted octanol–water partition coefficient (Wildman–Crippen LogP) is 3.00. The number of carbonyl (C=O) groups is 3. The standard InChI is InChI=1S/C24H30FN3O6/c25-17-6-7-19-20(13-17)33-22(27-19)14-18(29)15-26-24(31)34-21(12-16-4-2-1-3-5-16)23(30)28-8-10-32-11-9-28/h6-7,13,16,21H,1-5,8-12,14-15H2,(H,26,31)/t21-/m0/s1. The molecule has 4 rings (SSSR count). The summed E-state index contributed by atoms with van der Waals surface area (Å²) >= 11 is 0. The Morgan fingerprint density at radius 1 is 1.18 bits per heavy atom. The van der Waals surface area contributed by atoms with Gasteiger partial charge in [0.25, 0.3) is 5.91 Å². The van der Waals surface area contributed by atoms with E-state index < -0.39 is 18.0 Å². The summed E-state index contributed by atoms with van der Waals surface area (Å²) in [5, 5.41) is 2.44. The first-order valence-electron chi connectivity index (χ1n) is 11.9. The number of ketones is 1. The summed E-state index contributed by atoms with van der Waals surface area (Å²) in [5.74, 6) is -0.553. The van der Waals surface area contributed by atoms with Gasteiger partial charge in [0.1, 0.15) is 11.3 Å². The molecule has 1 atom stereocenters. The van der Waals surface area contributed by atoms with Gasteiger partial charge >= 0.3 is 6.09 Å². The number of rotatable bonds is 8. The van der Waals surface area contributed by atoms with Crippen molar-refractivity contribution in [2.45, 2.75) is 51.0 Å². The molecule has 2 aromatic rings. The molecule has 0 unspecified atom stereocenters. The highest BCUT2D eigenvalue weighted by molar-refractivity contribution is 5.87. The second-order valence-corrected chi connectivity index (χ2v) is 8.86. The summed E-state index contributed by atoms with van der Waals surface area (Å²) in [5.41, 5.74) is 0.700. The molecule has 184 valence electrons. The van der Waals surface area contributed by atoms with E-state index in [0.717, 1.165) is 25.7 Å². The minimum atomic E-state index is -0.886. The molecule has 2 heterocycles. The molecular weight excluding hydrogens is 445 g/mol. The van der Waals surface area contributed by atoms with Crippen LogP contribution in [-0.4, -0.2) is 66.6 Å². The number of nitrogens with zero attached hydrogens (tertiary/aromatic N) is 2. The van der Waals surface area contributed by atoms with E-state index in [1.807, 2.05) is 0 Å². The van der Waals surface area contributed by atoms with E-state index in [1.54, 1.807) is 4.90 Å². The number of oxazole rings is 1. The molecule has 1 N–H and O–H groups in total. The average molecular weight is 476 g/mol. The molecule has 2 aliphatic rings. The summed E-state index contributed by atoms with van der Waals surface area (Å²) in [6, 6.07) is 3.93. The van der Waals surface area contributed by atoms with E-state index in [9.17, 15) is 18.8 Å². The first-order chi connectivity index (χ1) is 16.5. The summed E-state index contributed by atoms with van der Waals surface area (Å²) < 4.78 is 29.5. The quantitative estimate of drug-likeness (QED) is 0.625. The number of fused-ring (bicyclic) bond motifs is 1. The molecule has 1 aliphatic heterocycles. The van der Waals surface area contributed by atoms with Crippen molar-refractivity contribution in [1.82, 2.24) is 15.2 Å². The lowest BCUT2D eigenvalue weighted by Gasteiger charge is -2.32. The number of morpholine rings is 1. The highest BCUT2D eigenvalue weighted by Gasteiger charge is 2.32. The molecular formula is C24H30FN3O6. The second kappa shape index (κ2) is 11.4. The molecule has 0 spiro atoms. The lowest BCUT2D eigenvalue weighted by molar-refractivity contribution is -0.145. The molecule has 1 aromatic heterocycles. The van der Waals surface area contributed by atoms with Crippen LogP contribution in [0.5, 0.6) is 0 Å². The van der Waals surface area contributed by atoms with E-state index in [4.69, 9.17) is 13.9 Å². The van der Waals surface area contributed by atoms with Gasteiger partial charge in [0.15, 0.2) is 17.5 Å². The van der Waals surface area contributed by atoms with Crippen LogP contribution in [0.25, 0.3) is 11.1 Å². The predicted molar refractivity (Wildman–Crippen MR) is 120 cm³/mol. The number of alkyl carbamates (subject to hydrolysis) is 1. The van der Waals surface area contributed by atoms with Gasteiger partial charge in [0.2, 0.25) is 5.89 Å². The fourth-order valence-electron chi connectivity index (χ4n) is 4.51. The van der Waals surface area contributed by atoms with Gasteiger partial charge in [-0.15, -0.1) is 0 Å². The van der Waals surface area contributed by atoms with Gasteiger partial charge < -0.3 is 24.1 Å². The van der Waals surface area contributed by atoms with Crippen LogP contribution < -0.4 is 5.32 Å². The first-order valence-corrected chi connectivity index (χ1v) is 11.9. The molecule has 1 aliphatic carbocycles. The van der Waals surface area contributed by atoms with Crippen molar-refractivity contribution in [2.75, 3.05) is 32.8 Å². The third-order valence-electron chi connectivity index (χ3n) is 6.29. The zero-order chi connectivity index (χ0) is 23.9. The Morgan fingerprint density at radius 2 is 1.94 bits per heavy atom. The molecule has 2 fully saturated rings. The number of carbonyl (C=O) groups excluding carboxylic acids is 3. The van der Waals surface area contributed by atoms with Crippen molar-refractivity contribution in [1.29, 1.82) is 0 Å². The van der Waals surface area contributed by atoms with Crippen molar-refractivity contribution in [2.24, 2.45) is 5.92 Å². The molecule has 1 saturated carbocycles. The Labute approximate surface area is 197 Å². The van der Waals surface area contributed by atoms with Crippen LogP contribution in [0.3, 0.4) is 0 Å². The van der Waals surface area contributed by atoms with Gasteiger partial charge in [-0.1, -0.05) is 32.1 Å². The zero-order valence-corrected chi connectivity index (χ0v) is 19.1. The topological polar surface area (TPSA) is 111 Å². The van der Waals surface area contributed by atoms with Gasteiger partial charge in [0.05, 0.1) is 26.2 Å². The maximum Gasteiger partial charge on any atom is 0.408 e. The molecule has 2 amide bonds. The highest BCUT2D eigenvalue weighted by atomic mass is 19.1. The Balaban J connectivity index is 1.30. The lowest BCUT2D eigenvalue weighted by atomic mass is 9.85. The molecule has 1 saturated heterocycles. The monoisotopic (exact) mass is 475 g/mol. The molecule has 1 aromatic carbocycles. The van der Waals surface area contributed by atoms with Gasteiger partial charge in [-0.2, -0.15) is 0 Å². The summed E-state index contributed by atoms with van der Waals surface area (Å²) in [6.07, 6.45) is 4.09. The number of nitrogens with one attached hydrogen (secondary N) is 1. The average Bonchev–Trinajstić information content (AvgIpc) is 3.24. The van der Waals surface area contributed by atoms with Crippen molar-refractivity contribution in [3.05, 3.63) is 29.9 Å². The van der Waals surface area contributed by atoms with Gasteiger partial charge in [-0.05, 0) is 24.5 Å². The number of aromatic nitrogens is 1. The van der Waals surface area contributed by atoms with Gasteiger partial charge in [-0.25, -0.2) is 14.2 Å². The van der Waals surface area contributed by atoms with Crippen molar-refractivity contribution < 1.29 is 32.7 Å². The van der Waals surface area contributed by atoms with Crippen LogP contribution in [0.1, 0.15) is 44.4 Å². The number of halogens is 1. The second-order valence-electron chi connectivity index (χ2n) is 8.86. The number of hydrogen-bond acceptors (Lipinski definition) is 7. The van der Waals surface area contributed by atoms with Crippen LogP contribution >= 0.6 is 0 Å². The van der Waals surface area contributed by atoms with Crippen LogP contribution in [0.4, 0.5) is 9.18 Å². The minimum absolute atomic E-state index is 0.137. The number of benzene rings is 1. The number of Topliss-reactive ketones (excluding diaryl/α,β-unsaturated/α-hetero) is 1. The van der Waals surface area contributed by atoms with E-state index in [2.05, 4.69) is 10.3 Å². The largest absolute Gasteiger partial charge is 0.440 e. The molecule has 10 heteroatoms. The molecule has 34 heavy (non-hydrogen) atoms. The third-order valence-corrected chi connectivity index (χ3v) is 6.29. The van der Waals surface area contributed by atoms with Crippen molar-refractivity contribution in [3.63, 3.8) is 0 Å². The molecule has 9 nitrogen and oxygen atoms in total. The summed E-state index contributed by atoms with van der Waals surface area (Å²) in [6.45, 7) is 1.57. The normalized spacial score (nSPS) is 18.0. The van der Waals surface area contributed by atoms with E-state index in [0.29, 0.717) is 44.2 Å². The van der Waals surface area contributed by atoms with Gasteiger partial charge in [-0.3, -0.25) is 9.59 Å². The molecule has 0 radical (unpaired) electrons. The smallest absolute Gasteiger partial charge is 0.408 e. The van der Waals surface area contributed by atoms with Gasteiger partial charge in [0, 0.05) is 19.2 Å². The minimum Gasteiger partial charge on any atom is -0.440 e. The number of hydrogen-bond donors (Lipinski definition) is 1. The Hall–Kier alpha value is -3.01. The molecule has 0 bridgehead atoms. The number of ether oxygens (including phenoxy) is 2. The van der Waals surface area contributed by atoms with Crippen LogP contribution in [0.15, 0.2) is 22.6 Å². The summed E-state index contributed by atoms with van der Waals surface area (Å²) in [7, 11) is 0. The fraction of sp³-hybridized carbons (Fsp3) is 0.583. The Bertz CT molecular complexity index is 1010. The maximum atomic E-state index is 13.3. The first kappa shape index (κ1) is 24.1. The summed E-state index contributed by atoms with van der Waals surface area (Å²) in [4.78, 5) is 43.6. The van der Waals surface area contributed by atoms with Crippen LogP contribution in [0, 0.1) is 11.7 Å². The Morgan fingerprint density at radius 3 is 2.71 bits per heavy atom. The fourth-order valence-corrected chi connectivity index (χ4v) is 4.51. The number of amides is 2. The van der Waals surface area contributed by atoms with E-state index >= 15 is 0 Å². The van der Waals surface area contributed by atoms with E-state index in [1.165, 1.54) is 24.6 Å². The Kier molecular flexibility index (Phi) is 8.10. The highest BCUT2D eigenvalue weighted by Crippen LogP contribution is 2.28. The lowest BCUT2D eigenvalue weighted by Crippen LogP contribution is -2.48. The van der Waals surface area contributed by atoms with Crippen LogP contribution in [-0.2, 0) is 25.5 Å². The van der Waals surface area contributed by atoms with Crippen LogP contribution in [0.2, 0.25) is 0 Å². The van der Waals surface area contributed by atoms with Crippen molar-refractivity contribution >= 4 is 28.9 Å². The van der Waals surface area contributed by atoms with E-state index in [-0.39, 0.29) is 36.1 Å². The zero-order valence-electron chi connectivity index (χ0n) is 19.1. The maximum absolute atomic E-state index is 13.3. The third kappa shape index (κ3) is 6.53.